The second kappa shape index (κ2) is 1.91. The van der Waals surface area contributed by atoms with E-state index in [1.165, 1.54) is 5.22 Å². The molecule has 4 rings (SSSR count). The molecule has 1 aromatic carbocycles. The lowest BCUT2D eigenvalue weighted by molar-refractivity contribution is 0.270. The number of rotatable bonds is 0. The van der Waals surface area contributed by atoms with Crippen molar-refractivity contribution in [3.05, 3.63) is 34.2 Å². The van der Waals surface area contributed by atoms with E-state index >= 15 is 0 Å². The van der Waals surface area contributed by atoms with Crippen molar-refractivity contribution in [3.63, 3.8) is 0 Å². The first-order valence-electron chi connectivity index (χ1n) is 3.89. The van der Waals surface area contributed by atoms with Crippen LogP contribution in [0.25, 0.3) is 18.4 Å². The van der Waals surface area contributed by atoms with Crippen LogP contribution in [0, 0.1) is 0 Å². The number of hydrogen-bond donors (Lipinski definition) is 1. The summed E-state index contributed by atoms with van der Waals surface area (Å²) in [7, 11) is 0. The highest BCUT2D eigenvalue weighted by Gasteiger charge is 2.10. The maximum Gasteiger partial charge on any atom is 0.171 e. The van der Waals surface area contributed by atoms with Gasteiger partial charge in [-0.15, -0.1) is 0 Å². The van der Waals surface area contributed by atoms with Gasteiger partial charge in [0.05, 0.1) is 0 Å². The van der Waals surface area contributed by atoms with Crippen molar-refractivity contribution in [1.29, 1.82) is 0 Å². The van der Waals surface area contributed by atoms with Gasteiger partial charge >= 0.3 is 0 Å². The van der Waals surface area contributed by atoms with E-state index in [0.29, 0.717) is 0 Å². The van der Waals surface area contributed by atoms with Gasteiger partial charge < -0.3 is 4.84 Å². The monoisotopic (exact) mass is 157 g/mol. The molecule has 0 unspecified atom stereocenters. The highest BCUT2D eigenvalue weighted by atomic mass is 16.6. The molecule has 3 aliphatic rings. The highest BCUT2D eigenvalue weighted by molar-refractivity contribution is 5.68. The van der Waals surface area contributed by atoms with Gasteiger partial charge in [-0.05, 0) is 5.22 Å². The fourth-order valence-corrected chi connectivity index (χ4v) is 1.57. The Labute approximate surface area is 69.4 Å². The van der Waals surface area contributed by atoms with Gasteiger partial charge in [0.2, 0.25) is 0 Å². The third-order valence-corrected chi connectivity index (χ3v) is 2.18. The number of hydrogen-bond acceptors (Lipinski definition) is 2. The molecule has 2 nitrogen and oxygen atoms in total. The summed E-state index contributed by atoms with van der Waals surface area (Å²) in [6.45, 7) is 0. The minimum atomic E-state index is 0.942. The lowest BCUT2D eigenvalue weighted by atomic mass is 10.1. The van der Waals surface area contributed by atoms with Crippen LogP contribution in [-0.4, -0.2) is 0 Å². The van der Waals surface area contributed by atoms with E-state index in [4.69, 9.17) is 4.84 Å². The molecular weight excluding hydrogens is 150 g/mol. The largest absolute Gasteiger partial charge is 0.381 e. The average molecular weight is 157 g/mol. The minimum Gasteiger partial charge on any atom is -0.381 e. The molecule has 0 atom stereocenters. The highest BCUT2D eigenvalue weighted by Crippen LogP contribution is 2.16. The number of fused-ring (bicyclic) bond motifs is 2. The maximum absolute atomic E-state index is 5.26. The van der Waals surface area contributed by atoms with E-state index in [1.807, 2.05) is 18.4 Å². The molecule has 0 radical (unpaired) electrons. The second-order valence-corrected chi connectivity index (χ2v) is 2.88. The summed E-state index contributed by atoms with van der Waals surface area (Å²) in [5.41, 5.74) is 3.89. The molecule has 0 spiro atoms. The molecule has 1 aromatic rings. The van der Waals surface area contributed by atoms with Crippen molar-refractivity contribution in [3.8, 4) is 5.75 Å². The number of hydroxylamine groups is 1. The van der Waals surface area contributed by atoms with Crippen LogP contribution in [0.4, 0.5) is 0 Å². The van der Waals surface area contributed by atoms with Crippen LogP contribution in [-0.2, 0) is 0 Å². The fourth-order valence-electron chi connectivity index (χ4n) is 1.57. The first kappa shape index (κ1) is 5.89. The number of nitrogens with one attached hydrogen (secondary N) is 1. The van der Waals surface area contributed by atoms with E-state index in [9.17, 15) is 0 Å². The summed E-state index contributed by atoms with van der Waals surface area (Å²) in [4.78, 5) is 5.26. The quantitative estimate of drug-likeness (QED) is 0.578. The Morgan fingerprint density at radius 1 is 1.25 bits per heavy atom. The average Bonchev–Trinajstić information content (AvgIpc) is 2.40. The normalized spacial score (nSPS) is 15.3. The first-order valence-corrected chi connectivity index (χ1v) is 3.89. The Hall–Kier alpha value is -1.70. The lowest BCUT2D eigenvalue weighted by Gasteiger charge is -1.99. The molecule has 0 aromatic heterocycles. The van der Waals surface area contributed by atoms with Crippen LogP contribution in [0.3, 0.4) is 0 Å². The molecule has 58 valence electrons. The SMILES string of the molecule is C1=Cc2ccc(c3c2ONC=3)=C1. The van der Waals surface area contributed by atoms with Crippen LogP contribution >= 0.6 is 0 Å². The minimum absolute atomic E-state index is 0.942. The molecule has 0 fully saturated rings. The van der Waals surface area contributed by atoms with Crippen LogP contribution in [0.15, 0.2) is 18.2 Å². The van der Waals surface area contributed by atoms with Crippen LogP contribution in [0.2, 0.25) is 0 Å². The van der Waals surface area contributed by atoms with Gasteiger partial charge in [0.1, 0.15) is 0 Å². The summed E-state index contributed by atoms with van der Waals surface area (Å²) in [6.07, 6.45) is 8.06. The van der Waals surface area contributed by atoms with E-state index in [0.717, 1.165) is 16.5 Å². The Bertz CT molecular complexity index is 485. The van der Waals surface area contributed by atoms with Gasteiger partial charge in [-0.2, -0.15) is 0 Å². The Morgan fingerprint density at radius 2 is 2.25 bits per heavy atom. The van der Waals surface area contributed by atoms with Crippen molar-refractivity contribution >= 4 is 18.4 Å². The Balaban J connectivity index is 2.62. The van der Waals surface area contributed by atoms with Crippen molar-refractivity contribution < 1.29 is 4.84 Å². The lowest BCUT2D eigenvalue weighted by Crippen LogP contribution is -2.22. The second-order valence-electron chi connectivity index (χ2n) is 2.88. The van der Waals surface area contributed by atoms with Crippen molar-refractivity contribution in [2.45, 2.75) is 0 Å². The van der Waals surface area contributed by atoms with Gasteiger partial charge in [-0.3, -0.25) is 0 Å². The molecule has 0 amide bonds. The number of benzene rings is 1. The van der Waals surface area contributed by atoms with Gasteiger partial charge in [-0.1, -0.05) is 30.4 Å². The third kappa shape index (κ3) is 0.593. The Kier molecular flexibility index (Phi) is 0.939. The summed E-state index contributed by atoms with van der Waals surface area (Å²) in [6, 6.07) is 4.16. The van der Waals surface area contributed by atoms with Gasteiger partial charge in [0.25, 0.3) is 0 Å². The van der Waals surface area contributed by atoms with E-state index in [2.05, 4.69) is 23.7 Å². The topological polar surface area (TPSA) is 21.3 Å². The fraction of sp³-hybridized carbons (Fsp3) is 0. The predicted molar refractivity (Wildman–Crippen MR) is 47.4 cm³/mol. The molecule has 12 heavy (non-hydrogen) atoms. The third-order valence-electron chi connectivity index (χ3n) is 2.18. The van der Waals surface area contributed by atoms with E-state index in [1.54, 1.807) is 0 Å². The predicted octanol–water partition coefficient (Wildman–Crippen LogP) is 0.129. The van der Waals surface area contributed by atoms with Crippen LogP contribution < -0.4 is 20.8 Å². The molecule has 1 aliphatic heterocycles. The molecule has 2 aliphatic carbocycles. The van der Waals surface area contributed by atoms with Gasteiger partial charge in [-0.25, -0.2) is 5.48 Å². The molecule has 1 N–H and O–H groups in total. The summed E-state index contributed by atoms with van der Waals surface area (Å²) >= 11 is 0. The van der Waals surface area contributed by atoms with Crippen LogP contribution in [0.5, 0.6) is 5.75 Å². The Morgan fingerprint density at radius 3 is 3.25 bits per heavy atom. The molecule has 2 heteroatoms. The molecule has 0 saturated heterocycles. The molecular formula is C10H7NO. The summed E-state index contributed by atoms with van der Waals surface area (Å²) in [5, 5.41) is 2.35. The number of allylic oxidation sites excluding steroid dienone is 1. The van der Waals surface area contributed by atoms with Crippen molar-refractivity contribution in [2.75, 3.05) is 0 Å². The van der Waals surface area contributed by atoms with Gasteiger partial charge in [0, 0.05) is 17.0 Å². The zero-order chi connectivity index (χ0) is 7.97. The van der Waals surface area contributed by atoms with Crippen molar-refractivity contribution in [1.82, 2.24) is 5.48 Å². The van der Waals surface area contributed by atoms with Crippen LogP contribution in [0.1, 0.15) is 5.56 Å². The zero-order valence-corrected chi connectivity index (χ0v) is 6.37. The summed E-state index contributed by atoms with van der Waals surface area (Å²) < 4.78 is 0. The molecule has 2 bridgehead atoms. The molecule has 0 saturated carbocycles. The van der Waals surface area contributed by atoms with E-state index < -0.39 is 0 Å². The maximum atomic E-state index is 5.26. The van der Waals surface area contributed by atoms with Crippen molar-refractivity contribution in [2.24, 2.45) is 0 Å². The standard InChI is InChI=1S/C10H7NO/c1-2-7-4-5-8(3-1)10-9(7)6-11-12-10/h1-6,11H. The smallest absolute Gasteiger partial charge is 0.171 e. The zero-order valence-electron chi connectivity index (χ0n) is 6.37. The van der Waals surface area contributed by atoms with Gasteiger partial charge in [0.15, 0.2) is 5.75 Å². The van der Waals surface area contributed by atoms with E-state index in [-0.39, 0.29) is 0 Å². The first-order chi connectivity index (χ1) is 5.95. The summed E-state index contributed by atoms with van der Waals surface area (Å²) in [5.74, 6) is 0.942. The molecule has 1 heterocycles.